The molecule has 1 unspecified atom stereocenters. The molecule has 0 radical (unpaired) electrons. The highest BCUT2D eigenvalue weighted by molar-refractivity contribution is 6.02. The van der Waals surface area contributed by atoms with Crippen molar-refractivity contribution in [3.05, 3.63) is 22.5 Å². The van der Waals surface area contributed by atoms with Crippen LogP contribution in [0.15, 0.2) is 0 Å². The fourth-order valence-electron chi connectivity index (χ4n) is 3.20. The van der Waals surface area contributed by atoms with Crippen LogP contribution in [0.3, 0.4) is 0 Å². The van der Waals surface area contributed by atoms with Gasteiger partial charge in [-0.15, -0.1) is 0 Å². The zero-order valence-corrected chi connectivity index (χ0v) is 13.2. The molecule has 0 aromatic carbocycles. The van der Waals surface area contributed by atoms with Gasteiger partial charge in [-0.2, -0.15) is 0 Å². The van der Waals surface area contributed by atoms with E-state index in [1.807, 2.05) is 11.8 Å². The SMILES string of the molecule is CCCc1c(C(=O)N2CCC(CN)C2)[nH]c(C)c1C(C)=O. The molecule has 116 valence electrons. The maximum atomic E-state index is 12.7. The Balaban J connectivity index is 2.33. The van der Waals surface area contributed by atoms with E-state index in [0.29, 0.717) is 30.3 Å². The van der Waals surface area contributed by atoms with Crippen molar-refractivity contribution in [2.75, 3.05) is 19.6 Å². The van der Waals surface area contributed by atoms with Crippen molar-refractivity contribution in [1.29, 1.82) is 0 Å². The third-order valence-corrected chi connectivity index (χ3v) is 4.26. The number of aryl methyl sites for hydroxylation is 1. The number of rotatable bonds is 5. The zero-order valence-electron chi connectivity index (χ0n) is 13.2. The molecule has 0 aliphatic carbocycles. The Bertz CT molecular complexity index is 548. The number of nitrogens with one attached hydrogen (secondary N) is 1. The van der Waals surface area contributed by atoms with Crippen molar-refractivity contribution in [2.24, 2.45) is 11.7 Å². The van der Waals surface area contributed by atoms with E-state index in [9.17, 15) is 9.59 Å². The van der Waals surface area contributed by atoms with Gasteiger partial charge >= 0.3 is 0 Å². The molecule has 0 bridgehead atoms. The van der Waals surface area contributed by atoms with E-state index >= 15 is 0 Å². The average molecular weight is 291 g/mol. The number of amides is 1. The minimum absolute atomic E-state index is 0.00463. The Hall–Kier alpha value is -1.62. The molecule has 5 heteroatoms. The van der Waals surface area contributed by atoms with E-state index in [1.165, 1.54) is 0 Å². The number of carbonyl (C=O) groups is 2. The van der Waals surface area contributed by atoms with Crippen LogP contribution in [0.5, 0.6) is 0 Å². The monoisotopic (exact) mass is 291 g/mol. The lowest BCUT2D eigenvalue weighted by Crippen LogP contribution is -2.30. The molecule has 1 aromatic heterocycles. The Morgan fingerprint density at radius 2 is 2.14 bits per heavy atom. The predicted molar refractivity (Wildman–Crippen MR) is 82.6 cm³/mol. The molecule has 3 N–H and O–H groups in total. The summed E-state index contributed by atoms with van der Waals surface area (Å²) < 4.78 is 0. The van der Waals surface area contributed by atoms with Crippen LogP contribution in [0, 0.1) is 12.8 Å². The van der Waals surface area contributed by atoms with Crippen molar-refractivity contribution < 1.29 is 9.59 Å². The number of hydrogen-bond donors (Lipinski definition) is 2. The number of ketones is 1. The molecule has 2 heterocycles. The summed E-state index contributed by atoms with van der Waals surface area (Å²) in [6.45, 7) is 7.56. The third-order valence-electron chi connectivity index (χ3n) is 4.26. The van der Waals surface area contributed by atoms with Gasteiger partial charge in [0.15, 0.2) is 5.78 Å². The molecule has 1 aliphatic heterocycles. The lowest BCUT2D eigenvalue weighted by molar-refractivity contribution is 0.0781. The second-order valence-corrected chi connectivity index (χ2v) is 5.93. The molecule has 2 rings (SSSR count). The van der Waals surface area contributed by atoms with E-state index in [2.05, 4.69) is 11.9 Å². The fraction of sp³-hybridized carbons (Fsp3) is 0.625. The normalized spacial score (nSPS) is 18.3. The molecule has 0 saturated carbocycles. The first kappa shape index (κ1) is 15.8. The van der Waals surface area contributed by atoms with Crippen LogP contribution in [0.4, 0.5) is 0 Å². The van der Waals surface area contributed by atoms with Gasteiger partial charge < -0.3 is 15.6 Å². The lowest BCUT2D eigenvalue weighted by Gasteiger charge is -2.16. The molecule has 1 aliphatic rings. The van der Waals surface area contributed by atoms with E-state index in [4.69, 9.17) is 5.73 Å². The van der Waals surface area contributed by atoms with Gasteiger partial charge in [-0.1, -0.05) is 13.3 Å². The number of aromatic amines is 1. The number of likely N-dealkylation sites (tertiary alicyclic amines) is 1. The molecule has 1 saturated heterocycles. The highest BCUT2D eigenvalue weighted by Crippen LogP contribution is 2.25. The number of nitrogens with two attached hydrogens (primary N) is 1. The van der Waals surface area contributed by atoms with Crippen LogP contribution in [0.25, 0.3) is 0 Å². The average Bonchev–Trinajstić information content (AvgIpc) is 3.03. The molecule has 1 aromatic rings. The minimum Gasteiger partial charge on any atom is -0.354 e. The minimum atomic E-state index is 0.00463. The fourth-order valence-corrected chi connectivity index (χ4v) is 3.20. The second kappa shape index (κ2) is 6.43. The van der Waals surface area contributed by atoms with E-state index in [1.54, 1.807) is 6.92 Å². The summed E-state index contributed by atoms with van der Waals surface area (Å²) >= 11 is 0. The number of H-pyrrole nitrogens is 1. The summed E-state index contributed by atoms with van der Waals surface area (Å²) in [5, 5.41) is 0. The van der Waals surface area contributed by atoms with Crippen molar-refractivity contribution in [3.8, 4) is 0 Å². The van der Waals surface area contributed by atoms with E-state index in [0.717, 1.165) is 37.1 Å². The van der Waals surface area contributed by atoms with Gasteiger partial charge in [0.25, 0.3) is 5.91 Å². The van der Waals surface area contributed by atoms with Gasteiger partial charge in [0.2, 0.25) is 0 Å². The van der Waals surface area contributed by atoms with Crippen molar-refractivity contribution in [1.82, 2.24) is 9.88 Å². The molecule has 1 atom stereocenters. The number of carbonyl (C=O) groups excluding carboxylic acids is 2. The summed E-state index contributed by atoms with van der Waals surface area (Å²) in [4.78, 5) is 29.6. The van der Waals surface area contributed by atoms with Gasteiger partial charge in [0.1, 0.15) is 5.69 Å². The number of hydrogen-bond acceptors (Lipinski definition) is 3. The zero-order chi connectivity index (χ0) is 15.6. The van der Waals surface area contributed by atoms with Crippen LogP contribution in [-0.4, -0.2) is 41.2 Å². The largest absolute Gasteiger partial charge is 0.354 e. The predicted octanol–water partition coefficient (Wildman–Crippen LogP) is 1.90. The molecule has 0 spiro atoms. The molecule has 5 nitrogen and oxygen atoms in total. The Morgan fingerprint density at radius 3 is 2.67 bits per heavy atom. The number of aromatic nitrogens is 1. The Morgan fingerprint density at radius 1 is 1.43 bits per heavy atom. The topological polar surface area (TPSA) is 79.2 Å². The van der Waals surface area contributed by atoms with E-state index in [-0.39, 0.29) is 11.7 Å². The first-order chi connectivity index (χ1) is 9.99. The molecule has 1 fully saturated rings. The van der Waals surface area contributed by atoms with Crippen molar-refractivity contribution in [2.45, 2.75) is 40.0 Å². The van der Waals surface area contributed by atoms with E-state index < -0.39 is 0 Å². The van der Waals surface area contributed by atoms with Gasteiger partial charge in [-0.25, -0.2) is 0 Å². The lowest BCUT2D eigenvalue weighted by atomic mass is 10.0. The van der Waals surface area contributed by atoms with Gasteiger partial charge in [-0.05, 0) is 44.7 Å². The van der Waals surface area contributed by atoms with Crippen molar-refractivity contribution in [3.63, 3.8) is 0 Å². The smallest absolute Gasteiger partial charge is 0.270 e. The summed E-state index contributed by atoms with van der Waals surface area (Å²) in [6, 6.07) is 0. The van der Waals surface area contributed by atoms with Crippen LogP contribution >= 0.6 is 0 Å². The number of nitrogens with zero attached hydrogens (tertiary/aromatic N) is 1. The molecule has 21 heavy (non-hydrogen) atoms. The van der Waals surface area contributed by atoms with Gasteiger partial charge in [0, 0.05) is 24.3 Å². The standard InChI is InChI=1S/C16H25N3O2/c1-4-5-13-14(11(3)20)10(2)18-15(13)16(21)19-7-6-12(8-17)9-19/h12,18H,4-9,17H2,1-3H3. The van der Waals surface area contributed by atoms with Crippen LogP contribution in [0.1, 0.15) is 58.8 Å². The van der Waals surface area contributed by atoms with Crippen LogP contribution < -0.4 is 5.73 Å². The highest BCUT2D eigenvalue weighted by atomic mass is 16.2. The maximum absolute atomic E-state index is 12.7. The summed E-state index contributed by atoms with van der Waals surface area (Å²) in [5.74, 6) is 0.421. The highest BCUT2D eigenvalue weighted by Gasteiger charge is 2.30. The summed E-state index contributed by atoms with van der Waals surface area (Å²) in [6.07, 6.45) is 2.61. The van der Waals surface area contributed by atoms with Crippen LogP contribution in [0.2, 0.25) is 0 Å². The first-order valence-electron chi connectivity index (χ1n) is 7.71. The molecular weight excluding hydrogens is 266 g/mol. The molecular formula is C16H25N3O2. The van der Waals surface area contributed by atoms with Gasteiger partial charge in [0.05, 0.1) is 0 Å². The summed E-state index contributed by atoms with van der Waals surface area (Å²) in [7, 11) is 0. The van der Waals surface area contributed by atoms with Crippen molar-refractivity contribution >= 4 is 11.7 Å². The first-order valence-corrected chi connectivity index (χ1v) is 7.71. The van der Waals surface area contributed by atoms with Crippen LogP contribution in [-0.2, 0) is 6.42 Å². The quantitative estimate of drug-likeness (QED) is 0.813. The Kier molecular flexibility index (Phi) is 4.83. The Labute approximate surface area is 125 Å². The summed E-state index contributed by atoms with van der Waals surface area (Å²) in [5.41, 5.74) is 8.65. The van der Waals surface area contributed by atoms with Gasteiger partial charge in [-0.3, -0.25) is 9.59 Å². The second-order valence-electron chi connectivity index (χ2n) is 5.93. The molecule has 1 amide bonds. The third kappa shape index (κ3) is 3.02. The maximum Gasteiger partial charge on any atom is 0.270 e. The number of Topliss-reactive ketones (excluding diaryl/α,β-unsaturated/α-hetero) is 1.